The average Bonchev–Trinajstić information content (AvgIpc) is 2.60. The highest BCUT2D eigenvalue weighted by Gasteiger charge is 2.09. The molecule has 0 saturated carbocycles. The van der Waals surface area contributed by atoms with E-state index in [4.69, 9.17) is 0 Å². The summed E-state index contributed by atoms with van der Waals surface area (Å²) in [5, 5.41) is 0. The molecule has 0 fully saturated rings. The smallest absolute Gasteiger partial charge is 0.135 e. The van der Waals surface area contributed by atoms with Crippen LogP contribution < -0.4 is 4.90 Å². The van der Waals surface area contributed by atoms with Crippen LogP contribution in [-0.2, 0) is 11.2 Å². The molecule has 84 valence electrons. The molecule has 0 aliphatic rings. The van der Waals surface area contributed by atoms with Gasteiger partial charge < -0.3 is 4.90 Å². The Hall–Kier alpha value is -1.84. The van der Waals surface area contributed by atoms with Gasteiger partial charge in [-0.1, -0.05) is 6.07 Å². The third-order valence-corrected chi connectivity index (χ3v) is 2.51. The molecule has 0 saturated heterocycles. The molecule has 0 N–H and O–H groups in total. The van der Waals surface area contributed by atoms with Crippen molar-refractivity contribution >= 4 is 17.1 Å². The van der Waals surface area contributed by atoms with Crippen LogP contribution in [-0.4, -0.2) is 29.3 Å². The SMILES string of the molecule is CC(=O)Cc1ncn2c(N(C)C)cccc12. The van der Waals surface area contributed by atoms with Crippen LogP contribution in [0.25, 0.3) is 5.52 Å². The number of carbonyl (C=O) groups is 1. The lowest BCUT2D eigenvalue weighted by Gasteiger charge is -2.14. The van der Waals surface area contributed by atoms with Crippen molar-refractivity contribution in [2.24, 2.45) is 0 Å². The normalized spacial score (nSPS) is 10.7. The summed E-state index contributed by atoms with van der Waals surface area (Å²) >= 11 is 0. The van der Waals surface area contributed by atoms with Crippen molar-refractivity contribution in [1.82, 2.24) is 9.38 Å². The highest BCUT2D eigenvalue weighted by molar-refractivity contribution is 5.80. The monoisotopic (exact) mass is 217 g/mol. The van der Waals surface area contributed by atoms with E-state index in [0.29, 0.717) is 6.42 Å². The van der Waals surface area contributed by atoms with E-state index in [1.807, 2.05) is 41.6 Å². The number of anilines is 1. The zero-order valence-electron chi connectivity index (χ0n) is 9.77. The molecule has 2 rings (SSSR count). The van der Waals surface area contributed by atoms with Crippen LogP contribution in [0.4, 0.5) is 5.82 Å². The zero-order valence-corrected chi connectivity index (χ0v) is 9.77. The van der Waals surface area contributed by atoms with Gasteiger partial charge in [-0.25, -0.2) is 4.98 Å². The van der Waals surface area contributed by atoms with Crippen LogP contribution in [0.5, 0.6) is 0 Å². The van der Waals surface area contributed by atoms with Crippen LogP contribution in [0.2, 0.25) is 0 Å². The second kappa shape index (κ2) is 3.96. The summed E-state index contributed by atoms with van der Waals surface area (Å²) in [6.45, 7) is 1.58. The van der Waals surface area contributed by atoms with Crippen molar-refractivity contribution in [2.45, 2.75) is 13.3 Å². The lowest BCUT2D eigenvalue weighted by atomic mass is 10.2. The second-order valence-electron chi connectivity index (χ2n) is 4.10. The Kier molecular flexibility index (Phi) is 2.64. The predicted molar refractivity (Wildman–Crippen MR) is 63.9 cm³/mol. The van der Waals surface area contributed by atoms with Crippen LogP contribution >= 0.6 is 0 Å². The summed E-state index contributed by atoms with van der Waals surface area (Å²) in [7, 11) is 3.97. The van der Waals surface area contributed by atoms with Gasteiger partial charge in [0.1, 0.15) is 17.9 Å². The van der Waals surface area contributed by atoms with Crippen molar-refractivity contribution in [3.05, 3.63) is 30.2 Å². The maximum absolute atomic E-state index is 11.1. The fraction of sp³-hybridized carbons (Fsp3) is 0.333. The van der Waals surface area contributed by atoms with Gasteiger partial charge >= 0.3 is 0 Å². The highest BCUT2D eigenvalue weighted by Crippen LogP contribution is 2.18. The van der Waals surface area contributed by atoms with Gasteiger partial charge in [-0.3, -0.25) is 9.20 Å². The molecule has 0 radical (unpaired) electrons. The van der Waals surface area contributed by atoms with Crippen molar-refractivity contribution in [2.75, 3.05) is 19.0 Å². The Bertz CT molecular complexity index is 528. The topological polar surface area (TPSA) is 37.6 Å². The highest BCUT2D eigenvalue weighted by atomic mass is 16.1. The first-order chi connectivity index (χ1) is 7.59. The number of imidazole rings is 1. The number of rotatable bonds is 3. The first-order valence-corrected chi connectivity index (χ1v) is 5.21. The summed E-state index contributed by atoms with van der Waals surface area (Å²) < 4.78 is 2.00. The molecular formula is C12H15N3O. The van der Waals surface area contributed by atoms with Gasteiger partial charge in [0.25, 0.3) is 0 Å². The number of pyridine rings is 1. The molecule has 0 spiro atoms. The number of ketones is 1. The molecule has 4 heteroatoms. The number of hydrogen-bond acceptors (Lipinski definition) is 3. The quantitative estimate of drug-likeness (QED) is 0.782. The number of Topliss-reactive ketones (excluding diaryl/α,β-unsaturated/α-hetero) is 1. The van der Waals surface area contributed by atoms with Gasteiger partial charge in [-0.05, 0) is 19.1 Å². The van der Waals surface area contributed by atoms with E-state index in [2.05, 4.69) is 4.98 Å². The van der Waals surface area contributed by atoms with Gasteiger partial charge in [-0.2, -0.15) is 0 Å². The summed E-state index contributed by atoms with van der Waals surface area (Å²) in [6, 6.07) is 5.99. The Morgan fingerprint density at radius 3 is 2.81 bits per heavy atom. The minimum atomic E-state index is 0.135. The zero-order chi connectivity index (χ0) is 11.7. The van der Waals surface area contributed by atoms with E-state index in [1.54, 1.807) is 13.3 Å². The van der Waals surface area contributed by atoms with Gasteiger partial charge in [0.05, 0.1) is 17.6 Å². The van der Waals surface area contributed by atoms with Crippen LogP contribution in [0.1, 0.15) is 12.6 Å². The minimum Gasteiger partial charge on any atom is -0.364 e. The summed E-state index contributed by atoms with van der Waals surface area (Å²) in [4.78, 5) is 17.4. The third kappa shape index (κ3) is 1.78. The Morgan fingerprint density at radius 1 is 1.44 bits per heavy atom. The lowest BCUT2D eigenvalue weighted by molar-refractivity contribution is -0.116. The molecular weight excluding hydrogens is 202 g/mol. The van der Waals surface area contributed by atoms with E-state index in [9.17, 15) is 4.79 Å². The Labute approximate surface area is 94.5 Å². The maximum atomic E-state index is 11.1. The largest absolute Gasteiger partial charge is 0.364 e. The third-order valence-electron chi connectivity index (χ3n) is 2.51. The summed E-state index contributed by atoms with van der Waals surface area (Å²) in [5.74, 6) is 1.19. The number of carbonyl (C=O) groups excluding carboxylic acids is 1. The van der Waals surface area contributed by atoms with E-state index in [-0.39, 0.29) is 5.78 Å². The van der Waals surface area contributed by atoms with Crippen molar-refractivity contribution in [3.8, 4) is 0 Å². The van der Waals surface area contributed by atoms with Crippen LogP contribution in [0.15, 0.2) is 24.5 Å². The summed E-state index contributed by atoms with van der Waals surface area (Å²) in [6.07, 6.45) is 2.16. The number of nitrogens with zero attached hydrogens (tertiary/aromatic N) is 3. The molecule has 0 aliphatic carbocycles. The molecule has 0 bridgehead atoms. The summed E-state index contributed by atoms with van der Waals surface area (Å²) in [5.41, 5.74) is 1.85. The van der Waals surface area contributed by atoms with Gasteiger partial charge in [0, 0.05) is 14.1 Å². The lowest BCUT2D eigenvalue weighted by Crippen LogP contribution is -2.12. The number of aromatic nitrogens is 2. The Balaban J connectivity index is 2.57. The first-order valence-electron chi connectivity index (χ1n) is 5.21. The molecule has 0 unspecified atom stereocenters. The molecule has 0 aliphatic heterocycles. The fourth-order valence-corrected chi connectivity index (χ4v) is 1.80. The second-order valence-corrected chi connectivity index (χ2v) is 4.10. The maximum Gasteiger partial charge on any atom is 0.135 e. The number of hydrogen-bond donors (Lipinski definition) is 0. The van der Waals surface area contributed by atoms with Gasteiger partial charge in [0.15, 0.2) is 0 Å². The molecule has 4 nitrogen and oxygen atoms in total. The number of fused-ring (bicyclic) bond motifs is 1. The van der Waals surface area contributed by atoms with Crippen molar-refractivity contribution in [1.29, 1.82) is 0 Å². The van der Waals surface area contributed by atoms with Crippen molar-refractivity contribution in [3.63, 3.8) is 0 Å². The average molecular weight is 217 g/mol. The molecule has 16 heavy (non-hydrogen) atoms. The molecule has 2 heterocycles. The molecule has 2 aromatic heterocycles. The van der Waals surface area contributed by atoms with Crippen molar-refractivity contribution < 1.29 is 4.79 Å². The fourth-order valence-electron chi connectivity index (χ4n) is 1.80. The van der Waals surface area contributed by atoms with E-state index in [1.165, 1.54) is 0 Å². The minimum absolute atomic E-state index is 0.135. The van der Waals surface area contributed by atoms with Gasteiger partial charge in [-0.15, -0.1) is 0 Å². The van der Waals surface area contributed by atoms with E-state index >= 15 is 0 Å². The van der Waals surface area contributed by atoms with Gasteiger partial charge in [0.2, 0.25) is 0 Å². The molecule has 0 amide bonds. The molecule has 0 aromatic carbocycles. The standard InChI is InChI=1S/C12H15N3O/c1-9(16)7-10-11-5-4-6-12(14(2)3)15(11)8-13-10/h4-6,8H,7H2,1-3H3. The van der Waals surface area contributed by atoms with Crippen LogP contribution in [0.3, 0.4) is 0 Å². The molecule has 2 aromatic rings. The Morgan fingerprint density at radius 2 is 2.19 bits per heavy atom. The predicted octanol–water partition coefficient (Wildman–Crippen LogP) is 1.53. The molecule has 0 atom stereocenters. The van der Waals surface area contributed by atoms with E-state index in [0.717, 1.165) is 17.0 Å². The first kappa shape index (κ1) is 10.7. The van der Waals surface area contributed by atoms with Crippen LogP contribution in [0, 0.1) is 0 Å². The van der Waals surface area contributed by atoms with E-state index < -0.39 is 0 Å².